The van der Waals surface area contributed by atoms with E-state index in [1.165, 1.54) is 22.2 Å². The third-order valence-corrected chi connectivity index (χ3v) is 4.27. The maximum atomic E-state index is 5.97. The maximum absolute atomic E-state index is 5.97. The van der Waals surface area contributed by atoms with Crippen LogP contribution in [0.25, 0.3) is 10.9 Å². The molecule has 0 saturated carbocycles. The van der Waals surface area contributed by atoms with Gasteiger partial charge in [-0.25, -0.2) is 0 Å². The van der Waals surface area contributed by atoms with Gasteiger partial charge in [-0.1, -0.05) is 12.1 Å². The second-order valence-corrected chi connectivity index (χ2v) is 5.70. The number of halogens is 1. The Morgan fingerprint density at radius 3 is 3.06 bits per heavy atom. The lowest BCUT2D eigenvalue weighted by atomic mass is 9.96. The van der Waals surface area contributed by atoms with Crippen LogP contribution in [0, 0.1) is 0 Å². The van der Waals surface area contributed by atoms with E-state index in [4.69, 9.17) is 10.7 Å². The van der Waals surface area contributed by atoms with Gasteiger partial charge in [-0.2, -0.15) is 0 Å². The van der Waals surface area contributed by atoms with Crippen LogP contribution in [0.3, 0.4) is 0 Å². The smallest absolute Gasteiger partial charge is 0.0850 e. The topological polar surface area (TPSA) is 42.2 Å². The quantitative estimate of drug-likeness (QED) is 0.880. The van der Waals surface area contributed by atoms with Gasteiger partial charge in [0.15, 0.2) is 0 Å². The van der Waals surface area contributed by atoms with Gasteiger partial charge in [0, 0.05) is 41.6 Å². The molecule has 1 aliphatic rings. The van der Waals surface area contributed by atoms with Gasteiger partial charge in [0.05, 0.1) is 5.52 Å². The van der Waals surface area contributed by atoms with Gasteiger partial charge >= 0.3 is 0 Å². The number of likely N-dealkylation sites (N-methyl/N-ethyl adjacent to an activating group) is 1. The van der Waals surface area contributed by atoms with Crippen molar-refractivity contribution in [1.29, 1.82) is 0 Å². The highest BCUT2D eigenvalue weighted by Crippen LogP contribution is 2.30. The zero-order chi connectivity index (χ0) is 12.7. The van der Waals surface area contributed by atoms with E-state index in [-0.39, 0.29) is 0 Å². The molecule has 2 N–H and O–H groups in total. The summed E-state index contributed by atoms with van der Waals surface area (Å²) in [4.78, 5) is 7.16. The standard InChI is InChI=1S/C14H16BrN3/c1-18-6-5-13-11(8-18)10(7-16)9-3-2-4-12(15)14(9)17-13/h2-4H,5-8,16H2,1H3. The van der Waals surface area contributed by atoms with Crippen molar-refractivity contribution in [2.45, 2.75) is 19.5 Å². The van der Waals surface area contributed by atoms with Crippen molar-refractivity contribution in [3.8, 4) is 0 Å². The van der Waals surface area contributed by atoms with E-state index in [9.17, 15) is 0 Å². The molecule has 0 radical (unpaired) electrons. The van der Waals surface area contributed by atoms with E-state index in [2.05, 4.69) is 33.9 Å². The number of para-hydroxylation sites is 1. The van der Waals surface area contributed by atoms with Gasteiger partial charge in [-0.3, -0.25) is 4.98 Å². The molecule has 0 atom stereocenters. The fourth-order valence-electron chi connectivity index (χ4n) is 2.68. The summed E-state index contributed by atoms with van der Waals surface area (Å²) in [5.74, 6) is 0. The van der Waals surface area contributed by atoms with Crippen LogP contribution in [-0.2, 0) is 19.5 Å². The molecule has 4 heteroatoms. The maximum Gasteiger partial charge on any atom is 0.0850 e. The SMILES string of the molecule is CN1CCc2nc3c(Br)cccc3c(CN)c2C1. The summed E-state index contributed by atoms with van der Waals surface area (Å²) in [6.07, 6.45) is 1.01. The lowest BCUT2D eigenvalue weighted by molar-refractivity contribution is 0.309. The molecule has 94 valence electrons. The van der Waals surface area contributed by atoms with E-state index in [1.807, 2.05) is 12.1 Å². The number of hydrogen-bond donors (Lipinski definition) is 1. The van der Waals surface area contributed by atoms with E-state index in [0.717, 1.165) is 29.5 Å². The first-order valence-electron chi connectivity index (χ1n) is 6.18. The first kappa shape index (κ1) is 12.1. The predicted molar refractivity (Wildman–Crippen MR) is 77.4 cm³/mol. The van der Waals surface area contributed by atoms with Crippen LogP contribution in [0.4, 0.5) is 0 Å². The highest BCUT2D eigenvalue weighted by molar-refractivity contribution is 9.10. The molecule has 1 aromatic heterocycles. The van der Waals surface area contributed by atoms with Crippen molar-refractivity contribution in [3.63, 3.8) is 0 Å². The van der Waals surface area contributed by atoms with Crippen molar-refractivity contribution in [1.82, 2.24) is 9.88 Å². The molecule has 0 unspecified atom stereocenters. The van der Waals surface area contributed by atoms with Gasteiger partial charge < -0.3 is 10.6 Å². The Balaban J connectivity index is 2.34. The van der Waals surface area contributed by atoms with Crippen LogP contribution in [0.1, 0.15) is 16.8 Å². The largest absolute Gasteiger partial charge is 0.326 e. The van der Waals surface area contributed by atoms with Crippen LogP contribution in [0.15, 0.2) is 22.7 Å². The second-order valence-electron chi connectivity index (χ2n) is 4.84. The summed E-state index contributed by atoms with van der Waals surface area (Å²) >= 11 is 3.59. The number of nitrogens with two attached hydrogens (primary N) is 1. The Hall–Kier alpha value is -0.970. The first-order valence-corrected chi connectivity index (χ1v) is 6.97. The number of benzene rings is 1. The number of aromatic nitrogens is 1. The Kier molecular flexibility index (Phi) is 3.09. The predicted octanol–water partition coefficient (Wildman–Crippen LogP) is 2.44. The van der Waals surface area contributed by atoms with Gasteiger partial charge in [0.1, 0.15) is 0 Å². The molecule has 0 amide bonds. The number of nitrogens with zero attached hydrogens (tertiary/aromatic N) is 2. The second kappa shape index (κ2) is 4.61. The molecule has 0 spiro atoms. The summed E-state index contributed by atoms with van der Waals surface area (Å²) in [6, 6.07) is 6.20. The van der Waals surface area contributed by atoms with Crippen molar-refractivity contribution in [2.24, 2.45) is 5.73 Å². The highest BCUT2D eigenvalue weighted by atomic mass is 79.9. The number of fused-ring (bicyclic) bond motifs is 2. The Bertz CT molecular complexity index is 610. The number of pyridine rings is 1. The molecule has 0 bridgehead atoms. The zero-order valence-corrected chi connectivity index (χ0v) is 12.0. The van der Waals surface area contributed by atoms with Gasteiger partial charge in [-0.05, 0) is 40.2 Å². The van der Waals surface area contributed by atoms with E-state index >= 15 is 0 Å². The summed E-state index contributed by atoms with van der Waals surface area (Å²) in [5, 5.41) is 1.18. The van der Waals surface area contributed by atoms with Crippen LogP contribution < -0.4 is 5.73 Å². The molecule has 3 rings (SSSR count). The minimum Gasteiger partial charge on any atom is -0.326 e. The van der Waals surface area contributed by atoms with Gasteiger partial charge in [0.2, 0.25) is 0 Å². The summed E-state index contributed by atoms with van der Waals surface area (Å²) in [7, 11) is 2.15. The van der Waals surface area contributed by atoms with Crippen molar-refractivity contribution in [2.75, 3.05) is 13.6 Å². The molecule has 3 nitrogen and oxygen atoms in total. The Labute approximate surface area is 115 Å². The molecule has 1 aromatic carbocycles. The molecule has 18 heavy (non-hydrogen) atoms. The van der Waals surface area contributed by atoms with Gasteiger partial charge in [-0.15, -0.1) is 0 Å². The molecule has 0 saturated heterocycles. The minimum atomic E-state index is 0.575. The van der Waals surface area contributed by atoms with Crippen molar-refractivity contribution in [3.05, 3.63) is 39.5 Å². The highest BCUT2D eigenvalue weighted by Gasteiger charge is 2.20. The van der Waals surface area contributed by atoms with Crippen molar-refractivity contribution >= 4 is 26.8 Å². The lowest BCUT2D eigenvalue weighted by Gasteiger charge is -2.27. The average Bonchev–Trinajstić information content (AvgIpc) is 2.37. The molecular weight excluding hydrogens is 290 g/mol. The molecular formula is C14H16BrN3. The molecule has 0 aliphatic carbocycles. The van der Waals surface area contributed by atoms with E-state index in [0.29, 0.717) is 6.54 Å². The fraction of sp³-hybridized carbons (Fsp3) is 0.357. The molecule has 2 heterocycles. The van der Waals surface area contributed by atoms with E-state index < -0.39 is 0 Å². The number of hydrogen-bond acceptors (Lipinski definition) is 3. The van der Waals surface area contributed by atoms with Crippen molar-refractivity contribution < 1.29 is 0 Å². The Morgan fingerprint density at radius 1 is 1.44 bits per heavy atom. The van der Waals surface area contributed by atoms with Crippen LogP contribution in [0.2, 0.25) is 0 Å². The lowest BCUT2D eigenvalue weighted by Crippen LogP contribution is -2.29. The Morgan fingerprint density at radius 2 is 2.28 bits per heavy atom. The summed E-state index contributed by atoms with van der Waals surface area (Å²) in [6.45, 7) is 2.60. The first-order chi connectivity index (χ1) is 8.70. The third-order valence-electron chi connectivity index (χ3n) is 3.63. The van der Waals surface area contributed by atoms with Crippen LogP contribution in [-0.4, -0.2) is 23.5 Å². The van der Waals surface area contributed by atoms with Gasteiger partial charge in [0.25, 0.3) is 0 Å². The van der Waals surface area contributed by atoms with E-state index in [1.54, 1.807) is 0 Å². The molecule has 1 aliphatic heterocycles. The van der Waals surface area contributed by atoms with Crippen LogP contribution in [0.5, 0.6) is 0 Å². The summed E-state index contributed by atoms with van der Waals surface area (Å²) in [5.41, 5.74) is 10.8. The normalized spacial score (nSPS) is 15.9. The third kappa shape index (κ3) is 1.85. The monoisotopic (exact) mass is 305 g/mol. The van der Waals surface area contributed by atoms with Crippen LogP contribution >= 0.6 is 15.9 Å². The summed E-state index contributed by atoms with van der Waals surface area (Å²) < 4.78 is 1.05. The molecule has 2 aromatic rings. The molecule has 0 fully saturated rings. The fourth-order valence-corrected chi connectivity index (χ4v) is 3.14. The average molecular weight is 306 g/mol. The zero-order valence-electron chi connectivity index (χ0n) is 10.4. The minimum absolute atomic E-state index is 0.575. The number of rotatable bonds is 1.